The molecule has 0 N–H and O–H groups in total. The second-order valence-corrected chi connectivity index (χ2v) is 8.58. The van der Waals surface area contributed by atoms with Crippen molar-refractivity contribution in [1.29, 1.82) is 0 Å². The third-order valence-corrected chi connectivity index (χ3v) is 6.45. The molecule has 1 aliphatic rings. The number of ether oxygens (including phenoxy) is 2. The zero-order valence-electron chi connectivity index (χ0n) is 19.3. The van der Waals surface area contributed by atoms with Crippen LogP contribution in [0.5, 0.6) is 11.9 Å². The smallest absolute Gasteiger partial charge is 0.372 e. The van der Waals surface area contributed by atoms with Crippen molar-refractivity contribution in [2.75, 3.05) is 20.9 Å². The van der Waals surface area contributed by atoms with E-state index in [1.807, 2.05) is 12.1 Å². The van der Waals surface area contributed by atoms with E-state index in [0.717, 1.165) is 23.2 Å². The van der Waals surface area contributed by atoms with Gasteiger partial charge in [-0.1, -0.05) is 6.07 Å². The van der Waals surface area contributed by atoms with Crippen LogP contribution in [0.25, 0.3) is 27.8 Å². The molecule has 0 amide bonds. The monoisotopic (exact) mass is 495 g/mol. The van der Waals surface area contributed by atoms with Gasteiger partial charge in [0.1, 0.15) is 0 Å². The number of methoxy groups -OCH3 is 2. The number of alkyl halides is 3. The van der Waals surface area contributed by atoms with Crippen LogP contribution in [0.4, 0.5) is 13.2 Å². The van der Waals surface area contributed by atoms with E-state index in [1.165, 1.54) is 20.4 Å². The van der Waals surface area contributed by atoms with E-state index in [1.54, 1.807) is 35.2 Å². The Labute approximate surface area is 202 Å². The van der Waals surface area contributed by atoms with Crippen LogP contribution in [-0.2, 0) is 6.05 Å². The van der Waals surface area contributed by atoms with Gasteiger partial charge in [-0.25, -0.2) is 18.9 Å². The Morgan fingerprint density at radius 2 is 1.94 bits per heavy atom. The van der Waals surface area contributed by atoms with Gasteiger partial charge in [-0.3, -0.25) is 0 Å². The lowest BCUT2D eigenvalue weighted by atomic mass is 10.0. The molecule has 0 radical (unpaired) electrons. The fourth-order valence-corrected chi connectivity index (χ4v) is 4.63. The van der Waals surface area contributed by atoms with Gasteiger partial charge in [0.05, 0.1) is 37.2 Å². The van der Waals surface area contributed by atoms with Crippen molar-refractivity contribution in [3.8, 4) is 23.1 Å². The number of benzene rings is 1. The Morgan fingerprint density at radius 1 is 1.08 bits per heavy atom. The molecule has 1 fully saturated rings. The van der Waals surface area contributed by atoms with E-state index in [0.29, 0.717) is 27.2 Å². The van der Waals surface area contributed by atoms with Crippen LogP contribution in [0.15, 0.2) is 49.1 Å². The summed E-state index contributed by atoms with van der Waals surface area (Å²) >= 11 is 0. The van der Waals surface area contributed by atoms with Crippen molar-refractivity contribution in [3.63, 3.8) is 0 Å². The molecule has 4 heterocycles. The Balaban J connectivity index is 1.37. The highest BCUT2D eigenvalue weighted by Crippen LogP contribution is 2.56. The van der Waals surface area contributed by atoms with Crippen LogP contribution in [0, 0.1) is 0 Å². The summed E-state index contributed by atoms with van der Waals surface area (Å²) < 4.78 is 53.2. The highest BCUT2D eigenvalue weighted by Gasteiger charge is 2.42. The van der Waals surface area contributed by atoms with Gasteiger partial charge < -0.3 is 9.47 Å². The molecular formula is C24H20F3N7O2. The number of hydrogen-bond acceptors (Lipinski definition) is 7. The largest absolute Gasteiger partial charge is 0.480 e. The van der Waals surface area contributed by atoms with Crippen LogP contribution in [0.1, 0.15) is 29.4 Å². The third-order valence-electron chi connectivity index (χ3n) is 6.45. The second kappa shape index (κ2) is 8.18. The molecule has 0 aliphatic heterocycles. The summed E-state index contributed by atoms with van der Waals surface area (Å²) in [6.07, 6.45) is 7.24. The van der Waals surface area contributed by atoms with Crippen molar-refractivity contribution in [3.05, 3.63) is 60.2 Å². The predicted molar refractivity (Wildman–Crippen MR) is 123 cm³/mol. The minimum atomic E-state index is -3.68. The van der Waals surface area contributed by atoms with Crippen LogP contribution in [0.3, 0.4) is 0 Å². The second-order valence-electron chi connectivity index (χ2n) is 8.58. The number of rotatable bonds is 7. The Bertz CT molecular complexity index is 1600. The fourth-order valence-electron chi connectivity index (χ4n) is 4.63. The van der Waals surface area contributed by atoms with Gasteiger partial charge in [0.2, 0.25) is 5.88 Å². The lowest BCUT2D eigenvalue weighted by Crippen LogP contribution is -2.26. The molecule has 9 nitrogen and oxygen atoms in total. The molecule has 0 unspecified atom stereocenters. The van der Waals surface area contributed by atoms with E-state index in [-0.39, 0.29) is 23.4 Å². The molecule has 0 saturated heterocycles. The summed E-state index contributed by atoms with van der Waals surface area (Å²) in [5.74, 6) is 0.630. The van der Waals surface area contributed by atoms with Crippen molar-refractivity contribution >= 4 is 16.6 Å². The third kappa shape index (κ3) is 3.51. The van der Waals surface area contributed by atoms with Gasteiger partial charge in [0, 0.05) is 29.5 Å². The zero-order valence-corrected chi connectivity index (χ0v) is 19.3. The molecule has 2 atom stereocenters. The Morgan fingerprint density at radius 3 is 2.72 bits per heavy atom. The predicted octanol–water partition coefficient (Wildman–Crippen LogP) is 4.34. The zero-order chi connectivity index (χ0) is 25.0. The highest BCUT2D eigenvalue weighted by atomic mass is 19.3. The highest BCUT2D eigenvalue weighted by molar-refractivity contribution is 5.80. The summed E-state index contributed by atoms with van der Waals surface area (Å²) in [4.78, 5) is 12.9. The van der Waals surface area contributed by atoms with Gasteiger partial charge in [0.25, 0.3) is 0 Å². The lowest BCUT2D eigenvalue weighted by molar-refractivity contribution is -0.105. The topological polar surface area (TPSA) is 92.3 Å². The summed E-state index contributed by atoms with van der Waals surface area (Å²) in [5.41, 5.74) is 4.13. The van der Waals surface area contributed by atoms with E-state index in [9.17, 15) is 13.2 Å². The van der Waals surface area contributed by atoms with Gasteiger partial charge in [0.15, 0.2) is 12.3 Å². The first-order valence-corrected chi connectivity index (χ1v) is 11.1. The lowest BCUT2D eigenvalue weighted by Gasteiger charge is -2.13. The number of fused-ring (bicyclic) bond motifs is 2. The number of hydrogen-bond donors (Lipinski definition) is 0. The number of nitrogens with zero attached hydrogens (tertiary/aromatic N) is 7. The van der Waals surface area contributed by atoms with Crippen LogP contribution >= 0.6 is 0 Å². The quantitative estimate of drug-likeness (QED) is 0.332. The maximum Gasteiger partial charge on any atom is 0.372 e. The first-order valence-electron chi connectivity index (χ1n) is 11.1. The Hall–Kier alpha value is -4.22. The summed E-state index contributed by atoms with van der Waals surface area (Å²) in [7, 11) is 2.99. The molecule has 5 aromatic rings. The first-order chi connectivity index (χ1) is 17.4. The molecule has 1 aliphatic carbocycles. The standard InChI is InChI=1S/C24H20F3N7O2/c1-35-22-18(11-29-23(31-22)36-2)19-9-17(21-28-5-6-33(21)32-19)16-8-15(16)13-3-4-20-14(7-13)10-30-34(20)24(26,27)12-25/h3-7,9-11,15-16H,8,12H2,1-2H3/t15-,16+/m1/s1. The normalized spacial score (nSPS) is 17.6. The van der Waals surface area contributed by atoms with Crippen molar-refractivity contribution < 1.29 is 22.6 Å². The number of aromatic nitrogens is 7. The van der Waals surface area contributed by atoms with Crippen LogP contribution < -0.4 is 9.47 Å². The van der Waals surface area contributed by atoms with Gasteiger partial charge in [-0.15, -0.1) is 0 Å². The first kappa shape index (κ1) is 22.3. The maximum absolute atomic E-state index is 13.9. The van der Waals surface area contributed by atoms with Crippen molar-refractivity contribution in [2.45, 2.75) is 24.3 Å². The molecular weight excluding hydrogens is 475 g/mol. The molecule has 184 valence electrons. The molecule has 1 aromatic carbocycles. The van der Waals surface area contributed by atoms with E-state index < -0.39 is 12.7 Å². The SMILES string of the molecule is COc1ncc(-c2cc([C@H]3C[C@@H]3c3ccc4c(cnn4C(F)(F)CF)c3)c3nccn3n2)c(OC)n1. The minimum absolute atomic E-state index is 0.140. The minimum Gasteiger partial charge on any atom is -0.480 e. The molecule has 4 aromatic heterocycles. The molecule has 36 heavy (non-hydrogen) atoms. The van der Waals surface area contributed by atoms with Crippen molar-refractivity contribution in [2.24, 2.45) is 0 Å². The van der Waals surface area contributed by atoms with E-state index in [4.69, 9.17) is 9.47 Å². The molecule has 0 bridgehead atoms. The molecule has 12 heteroatoms. The van der Waals surface area contributed by atoms with Crippen molar-refractivity contribution in [1.82, 2.24) is 34.3 Å². The van der Waals surface area contributed by atoms with Gasteiger partial charge in [-0.2, -0.15) is 28.6 Å². The summed E-state index contributed by atoms with van der Waals surface area (Å²) in [6.45, 7) is -1.81. The number of halogens is 3. The average Bonchev–Trinajstić information content (AvgIpc) is 3.34. The Kier molecular flexibility index (Phi) is 5.06. The van der Waals surface area contributed by atoms with Gasteiger partial charge >= 0.3 is 12.1 Å². The van der Waals surface area contributed by atoms with Crippen LogP contribution in [0.2, 0.25) is 0 Å². The average molecular weight is 495 g/mol. The molecule has 6 rings (SSSR count). The summed E-state index contributed by atoms with van der Waals surface area (Å²) in [5, 5.41) is 8.90. The maximum atomic E-state index is 13.9. The van der Waals surface area contributed by atoms with Crippen LogP contribution in [-0.4, -0.2) is 55.2 Å². The van der Waals surface area contributed by atoms with Gasteiger partial charge in [-0.05, 0) is 42.0 Å². The van der Waals surface area contributed by atoms with E-state index in [2.05, 4.69) is 25.1 Å². The molecule has 0 spiro atoms. The molecule has 1 saturated carbocycles. The van der Waals surface area contributed by atoms with E-state index >= 15 is 0 Å². The number of imidazole rings is 1. The summed E-state index contributed by atoms with van der Waals surface area (Å²) in [6, 6.07) is 3.66. The fraction of sp³-hybridized carbons (Fsp3) is 0.292.